The van der Waals surface area contributed by atoms with Crippen LogP contribution >= 0.6 is 0 Å². The van der Waals surface area contributed by atoms with Gasteiger partial charge in [-0.3, -0.25) is 10.1 Å². The molecule has 22 heavy (non-hydrogen) atoms. The topological polar surface area (TPSA) is 77.6 Å². The minimum absolute atomic E-state index is 0.105. The number of hydrogen-bond donors (Lipinski definition) is 3. The maximum absolute atomic E-state index is 11.6. The fourth-order valence-corrected chi connectivity index (χ4v) is 3.22. The van der Waals surface area contributed by atoms with E-state index in [9.17, 15) is 9.90 Å². The predicted octanol–water partition coefficient (Wildman–Crippen LogP) is 1.38. The molecule has 0 fully saturated rings. The fourth-order valence-electron chi connectivity index (χ4n) is 3.22. The molecule has 6 nitrogen and oxygen atoms in total. The van der Waals surface area contributed by atoms with E-state index >= 15 is 0 Å². The highest BCUT2D eigenvalue weighted by Gasteiger charge is 2.33. The molecule has 2 unspecified atom stereocenters. The highest BCUT2D eigenvalue weighted by Crippen LogP contribution is 2.33. The van der Waals surface area contributed by atoms with Crippen molar-refractivity contribution in [3.63, 3.8) is 0 Å². The Labute approximate surface area is 129 Å². The number of aromatic nitrogens is 1. The van der Waals surface area contributed by atoms with Crippen molar-refractivity contribution in [3.05, 3.63) is 29.5 Å². The molecule has 0 saturated carbocycles. The van der Waals surface area contributed by atoms with Crippen LogP contribution in [0.3, 0.4) is 0 Å². The van der Waals surface area contributed by atoms with Crippen molar-refractivity contribution < 1.29 is 14.6 Å². The Morgan fingerprint density at radius 3 is 2.86 bits per heavy atom. The second kappa shape index (κ2) is 5.62. The number of nitrogens with zero attached hydrogens (tertiary/aromatic N) is 1. The third-order valence-electron chi connectivity index (χ3n) is 4.12. The summed E-state index contributed by atoms with van der Waals surface area (Å²) in [6, 6.07) is 5.19. The summed E-state index contributed by atoms with van der Waals surface area (Å²) in [4.78, 5) is 17.0. The van der Waals surface area contributed by atoms with Crippen LogP contribution in [0.1, 0.15) is 17.3 Å². The predicted molar refractivity (Wildman–Crippen MR) is 84.4 cm³/mol. The van der Waals surface area contributed by atoms with Crippen LogP contribution in [-0.4, -0.2) is 54.8 Å². The Balaban J connectivity index is 2.09. The number of aliphatic carboxylic acids is 1. The van der Waals surface area contributed by atoms with E-state index in [0.29, 0.717) is 0 Å². The van der Waals surface area contributed by atoms with Crippen molar-refractivity contribution in [2.75, 3.05) is 27.7 Å². The lowest BCUT2D eigenvalue weighted by atomic mass is 9.93. The van der Waals surface area contributed by atoms with Crippen molar-refractivity contribution in [2.24, 2.45) is 0 Å². The Bertz CT molecular complexity index is 708. The first-order valence-corrected chi connectivity index (χ1v) is 7.31. The molecule has 6 heteroatoms. The molecular weight excluding hydrogens is 282 g/mol. The minimum Gasteiger partial charge on any atom is -0.497 e. The van der Waals surface area contributed by atoms with E-state index in [0.717, 1.165) is 40.9 Å². The molecule has 1 aromatic carbocycles. The van der Waals surface area contributed by atoms with Crippen molar-refractivity contribution in [2.45, 2.75) is 18.5 Å². The molecule has 0 amide bonds. The van der Waals surface area contributed by atoms with Crippen LogP contribution in [0.2, 0.25) is 0 Å². The summed E-state index contributed by atoms with van der Waals surface area (Å²) < 4.78 is 5.29. The molecule has 2 heterocycles. The van der Waals surface area contributed by atoms with E-state index in [-0.39, 0.29) is 6.04 Å². The fraction of sp³-hybridized carbons (Fsp3) is 0.438. The van der Waals surface area contributed by atoms with E-state index in [1.165, 1.54) is 0 Å². The number of likely N-dealkylation sites (N-methyl/N-ethyl adjacent to an activating group) is 1. The van der Waals surface area contributed by atoms with Gasteiger partial charge in [0, 0.05) is 29.2 Å². The summed E-state index contributed by atoms with van der Waals surface area (Å²) in [6.07, 6.45) is 0.796. The van der Waals surface area contributed by atoms with Crippen molar-refractivity contribution in [3.8, 4) is 5.75 Å². The van der Waals surface area contributed by atoms with Crippen LogP contribution in [0.4, 0.5) is 0 Å². The number of carbonyl (C=O) groups is 1. The second-order valence-electron chi connectivity index (χ2n) is 6.03. The molecule has 1 aliphatic rings. The lowest BCUT2D eigenvalue weighted by Gasteiger charge is -2.30. The Morgan fingerprint density at radius 2 is 2.23 bits per heavy atom. The van der Waals surface area contributed by atoms with Gasteiger partial charge in [0.05, 0.1) is 7.11 Å². The van der Waals surface area contributed by atoms with Gasteiger partial charge in [-0.05, 0) is 44.3 Å². The number of nitrogens with one attached hydrogen (secondary N) is 2. The number of fused-ring (bicyclic) bond motifs is 3. The highest BCUT2D eigenvalue weighted by atomic mass is 16.5. The maximum Gasteiger partial charge on any atom is 0.326 e. The monoisotopic (exact) mass is 303 g/mol. The van der Waals surface area contributed by atoms with Crippen LogP contribution in [0.15, 0.2) is 18.2 Å². The van der Waals surface area contributed by atoms with Crippen molar-refractivity contribution in [1.82, 2.24) is 15.2 Å². The van der Waals surface area contributed by atoms with E-state index < -0.39 is 12.0 Å². The summed E-state index contributed by atoms with van der Waals surface area (Å²) in [5.74, 6) is -0.0768. The van der Waals surface area contributed by atoms with Gasteiger partial charge in [-0.25, -0.2) is 0 Å². The molecule has 0 bridgehead atoms. The summed E-state index contributed by atoms with van der Waals surface area (Å²) in [5, 5.41) is 13.8. The number of hydrogen-bond acceptors (Lipinski definition) is 4. The molecule has 2 aromatic rings. The zero-order valence-electron chi connectivity index (χ0n) is 13.0. The second-order valence-corrected chi connectivity index (χ2v) is 6.03. The zero-order valence-corrected chi connectivity index (χ0v) is 13.0. The molecule has 0 aliphatic carbocycles. The number of benzene rings is 1. The van der Waals surface area contributed by atoms with E-state index in [1.54, 1.807) is 7.11 Å². The summed E-state index contributed by atoms with van der Waals surface area (Å²) in [7, 11) is 5.62. The van der Waals surface area contributed by atoms with Gasteiger partial charge in [0.2, 0.25) is 0 Å². The van der Waals surface area contributed by atoms with E-state index in [1.807, 2.05) is 32.3 Å². The zero-order chi connectivity index (χ0) is 15.9. The number of methoxy groups -OCH3 is 1. The first-order chi connectivity index (χ1) is 10.5. The van der Waals surface area contributed by atoms with Crippen LogP contribution in [0.25, 0.3) is 10.9 Å². The van der Waals surface area contributed by atoms with Crippen LogP contribution in [0.5, 0.6) is 5.75 Å². The highest BCUT2D eigenvalue weighted by molar-refractivity contribution is 5.89. The van der Waals surface area contributed by atoms with Gasteiger partial charge in [-0.2, -0.15) is 0 Å². The number of H-pyrrole nitrogens is 1. The molecule has 118 valence electrons. The minimum atomic E-state index is -0.858. The van der Waals surface area contributed by atoms with E-state index in [2.05, 4.69) is 15.2 Å². The molecular formula is C16H21N3O3. The molecule has 3 rings (SSSR count). The molecule has 3 N–H and O–H groups in total. The number of carboxylic acids is 1. The number of ether oxygens (including phenoxy) is 1. The van der Waals surface area contributed by atoms with Gasteiger partial charge < -0.3 is 19.7 Å². The van der Waals surface area contributed by atoms with Gasteiger partial charge in [-0.15, -0.1) is 0 Å². The largest absolute Gasteiger partial charge is 0.497 e. The van der Waals surface area contributed by atoms with E-state index in [4.69, 9.17) is 4.74 Å². The Morgan fingerprint density at radius 1 is 1.45 bits per heavy atom. The average molecular weight is 303 g/mol. The number of carboxylic acid groups (broad SMARTS) is 1. The first-order valence-electron chi connectivity index (χ1n) is 7.31. The third-order valence-corrected chi connectivity index (χ3v) is 4.12. The normalized spacial score (nSPS) is 21.1. The van der Waals surface area contributed by atoms with Crippen molar-refractivity contribution >= 4 is 16.9 Å². The molecule has 0 spiro atoms. The van der Waals surface area contributed by atoms with Crippen molar-refractivity contribution in [1.29, 1.82) is 0 Å². The summed E-state index contributed by atoms with van der Waals surface area (Å²) in [5.41, 5.74) is 2.78. The lowest BCUT2D eigenvalue weighted by Crippen LogP contribution is -2.47. The smallest absolute Gasteiger partial charge is 0.326 e. The Hall–Kier alpha value is -2.05. The quantitative estimate of drug-likeness (QED) is 0.795. The van der Waals surface area contributed by atoms with Crippen LogP contribution < -0.4 is 10.1 Å². The molecule has 0 saturated heterocycles. The van der Waals surface area contributed by atoms with Crippen LogP contribution in [-0.2, 0) is 11.2 Å². The average Bonchev–Trinajstić information content (AvgIpc) is 2.83. The summed E-state index contributed by atoms with van der Waals surface area (Å²) >= 11 is 0. The third kappa shape index (κ3) is 2.55. The maximum atomic E-state index is 11.6. The standard InChI is InChI=1S/C16H21N3O3/c1-19(2)8-9-6-12-11-7-10(22-3)4-5-13(11)18-14(12)15(17-9)16(20)21/h4-5,7,9,15,17-18H,6,8H2,1-3H3,(H,20,21). The number of rotatable bonds is 4. The first kappa shape index (κ1) is 14.9. The van der Waals surface area contributed by atoms with Gasteiger partial charge >= 0.3 is 5.97 Å². The molecule has 1 aliphatic heterocycles. The lowest BCUT2D eigenvalue weighted by molar-refractivity contribution is -0.140. The van der Waals surface area contributed by atoms with Crippen LogP contribution in [0, 0.1) is 0 Å². The van der Waals surface area contributed by atoms with Gasteiger partial charge in [0.25, 0.3) is 0 Å². The van der Waals surface area contributed by atoms with Gasteiger partial charge in [0.15, 0.2) is 0 Å². The van der Waals surface area contributed by atoms with Gasteiger partial charge in [-0.1, -0.05) is 0 Å². The number of aromatic amines is 1. The van der Waals surface area contributed by atoms with Gasteiger partial charge in [0.1, 0.15) is 11.8 Å². The molecule has 2 atom stereocenters. The molecule has 1 aromatic heterocycles. The summed E-state index contributed by atoms with van der Waals surface area (Å²) in [6.45, 7) is 0.792. The SMILES string of the molecule is COc1ccc2[nH]c3c(c2c1)CC(CN(C)C)NC3C(=O)O. The molecule has 0 radical (unpaired) electrons. The Kier molecular flexibility index (Phi) is 3.80.